The molecule has 8 heteroatoms. The van der Waals surface area contributed by atoms with Crippen LogP contribution in [0.5, 0.6) is 5.75 Å². The molecule has 0 radical (unpaired) electrons. The summed E-state index contributed by atoms with van der Waals surface area (Å²) in [5.41, 5.74) is 0.784. The molecule has 0 aliphatic carbocycles. The maximum absolute atomic E-state index is 12.6. The molecule has 0 saturated carbocycles. The van der Waals surface area contributed by atoms with Gasteiger partial charge in [-0.1, -0.05) is 6.07 Å². The summed E-state index contributed by atoms with van der Waals surface area (Å²) in [5, 5.41) is 3.00. The summed E-state index contributed by atoms with van der Waals surface area (Å²) >= 11 is 0. The molecule has 0 unspecified atom stereocenters. The third kappa shape index (κ3) is 3.72. The molecule has 146 valence electrons. The molecule has 1 aromatic rings. The van der Waals surface area contributed by atoms with Crippen LogP contribution >= 0.6 is 0 Å². The molecule has 27 heavy (non-hydrogen) atoms. The molecule has 1 atom stereocenters. The molecule has 0 bridgehead atoms. The molecular formula is C19H25N3O5. The van der Waals surface area contributed by atoms with E-state index < -0.39 is 5.79 Å². The topological polar surface area (TPSA) is 80.3 Å². The Balaban J connectivity index is 1.32. The largest absolute Gasteiger partial charge is 0.497 e. The van der Waals surface area contributed by atoms with E-state index in [-0.39, 0.29) is 18.0 Å². The normalized spacial score (nSPS) is 24.5. The van der Waals surface area contributed by atoms with Crippen LogP contribution in [-0.2, 0) is 14.3 Å². The van der Waals surface area contributed by atoms with Gasteiger partial charge in [0.1, 0.15) is 5.75 Å². The number of amides is 3. The number of hydrogen-bond acceptors (Lipinski definition) is 5. The first-order valence-corrected chi connectivity index (χ1v) is 9.36. The highest BCUT2D eigenvalue weighted by Crippen LogP contribution is 2.31. The van der Waals surface area contributed by atoms with Gasteiger partial charge in [0.05, 0.1) is 26.4 Å². The van der Waals surface area contributed by atoms with Crippen molar-refractivity contribution in [1.82, 2.24) is 10.2 Å². The SMILES string of the molecule is COc1cccc(N2C[C@H](NC(=O)N3CCC4(CC3)OCCO4)CC2=O)c1. The van der Waals surface area contributed by atoms with Crippen molar-refractivity contribution in [2.45, 2.75) is 31.1 Å². The molecule has 3 heterocycles. The highest BCUT2D eigenvalue weighted by Gasteiger charge is 2.41. The van der Waals surface area contributed by atoms with Crippen LogP contribution in [0.2, 0.25) is 0 Å². The molecule has 8 nitrogen and oxygen atoms in total. The first kappa shape index (κ1) is 18.1. The van der Waals surface area contributed by atoms with Gasteiger partial charge in [-0.3, -0.25) is 4.79 Å². The van der Waals surface area contributed by atoms with Crippen molar-refractivity contribution in [3.63, 3.8) is 0 Å². The highest BCUT2D eigenvalue weighted by molar-refractivity contribution is 5.97. The van der Waals surface area contributed by atoms with Gasteiger partial charge >= 0.3 is 6.03 Å². The quantitative estimate of drug-likeness (QED) is 0.863. The summed E-state index contributed by atoms with van der Waals surface area (Å²) in [6.45, 7) is 2.88. The molecule has 4 rings (SSSR count). The van der Waals surface area contributed by atoms with E-state index in [1.165, 1.54) is 0 Å². The van der Waals surface area contributed by atoms with Gasteiger partial charge in [-0.15, -0.1) is 0 Å². The fourth-order valence-electron chi connectivity index (χ4n) is 3.93. The highest BCUT2D eigenvalue weighted by atomic mass is 16.7. The van der Waals surface area contributed by atoms with Gasteiger partial charge < -0.3 is 29.3 Å². The summed E-state index contributed by atoms with van der Waals surface area (Å²) in [7, 11) is 1.60. The second-order valence-electron chi connectivity index (χ2n) is 7.15. The molecule has 0 aromatic heterocycles. The second kappa shape index (κ2) is 7.36. The fourth-order valence-corrected chi connectivity index (χ4v) is 3.93. The van der Waals surface area contributed by atoms with Crippen LogP contribution in [0, 0.1) is 0 Å². The minimum absolute atomic E-state index is 0.00101. The van der Waals surface area contributed by atoms with Crippen molar-refractivity contribution in [2.24, 2.45) is 0 Å². The van der Waals surface area contributed by atoms with Gasteiger partial charge in [-0.05, 0) is 12.1 Å². The smallest absolute Gasteiger partial charge is 0.317 e. The molecule has 3 saturated heterocycles. The van der Waals surface area contributed by atoms with Crippen molar-refractivity contribution >= 4 is 17.6 Å². The monoisotopic (exact) mass is 375 g/mol. The fraction of sp³-hybridized carbons (Fsp3) is 0.579. The lowest BCUT2D eigenvalue weighted by atomic mass is 10.0. The van der Waals surface area contributed by atoms with Gasteiger partial charge in [0.25, 0.3) is 0 Å². The van der Waals surface area contributed by atoms with E-state index >= 15 is 0 Å². The molecule has 3 aliphatic rings. The maximum Gasteiger partial charge on any atom is 0.317 e. The van der Waals surface area contributed by atoms with Crippen LogP contribution in [0.3, 0.4) is 0 Å². The Labute approximate surface area is 158 Å². The molecular weight excluding hydrogens is 350 g/mol. The van der Waals surface area contributed by atoms with E-state index in [0.29, 0.717) is 57.9 Å². The molecule has 3 aliphatic heterocycles. The zero-order valence-corrected chi connectivity index (χ0v) is 15.5. The summed E-state index contributed by atoms with van der Waals surface area (Å²) in [6.07, 6.45) is 1.66. The zero-order valence-electron chi connectivity index (χ0n) is 15.5. The predicted molar refractivity (Wildman–Crippen MR) is 97.7 cm³/mol. The number of nitrogens with one attached hydrogen (secondary N) is 1. The lowest BCUT2D eigenvalue weighted by molar-refractivity contribution is -0.181. The zero-order chi connectivity index (χ0) is 18.9. The van der Waals surface area contributed by atoms with Crippen molar-refractivity contribution in [3.8, 4) is 5.75 Å². The number of nitrogens with zero attached hydrogens (tertiary/aromatic N) is 2. The summed E-state index contributed by atoms with van der Waals surface area (Å²) in [4.78, 5) is 28.5. The Morgan fingerprint density at radius 1 is 1.26 bits per heavy atom. The number of likely N-dealkylation sites (tertiary alicyclic amines) is 1. The number of urea groups is 1. The maximum atomic E-state index is 12.6. The summed E-state index contributed by atoms with van der Waals surface area (Å²) < 4.78 is 16.6. The lowest BCUT2D eigenvalue weighted by Gasteiger charge is -2.37. The Bertz CT molecular complexity index is 709. The number of benzene rings is 1. The number of methoxy groups -OCH3 is 1. The van der Waals surface area contributed by atoms with Gasteiger partial charge in [0.2, 0.25) is 5.91 Å². The first-order valence-electron chi connectivity index (χ1n) is 9.36. The van der Waals surface area contributed by atoms with Gasteiger partial charge in [-0.25, -0.2) is 4.79 Å². The molecule has 3 fully saturated rings. The van der Waals surface area contributed by atoms with Crippen LogP contribution in [-0.4, -0.2) is 68.6 Å². The summed E-state index contributed by atoms with van der Waals surface area (Å²) in [5.74, 6) is 0.203. The van der Waals surface area contributed by atoms with Crippen molar-refractivity contribution in [2.75, 3.05) is 44.9 Å². The summed E-state index contributed by atoms with van der Waals surface area (Å²) in [6, 6.07) is 7.05. The van der Waals surface area contributed by atoms with E-state index in [9.17, 15) is 9.59 Å². The van der Waals surface area contributed by atoms with E-state index in [0.717, 1.165) is 5.69 Å². The van der Waals surface area contributed by atoms with Crippen molar-refractivity contribution < 1.29 is 23.8 Å². The van der Waals surface area contributed by atoms with Crippen LogP contribution in [0.1, 0.15) is 19.3 Å². The van der Waals surface area contributed by atoms with Gasteiger partial charge in [-0.2, -0.15) is 0 Å². The van der Waals surface area contributed by atoms with E-state index in [4.69, 9.17) is 14.2 Å². The van der Waals surface area contributed by atoms with Gasteiger partial charge in [0.15, 0.2) is 5.79 Å². The molecule has 3 amide bonds. The number of rotatable bonds is 3. The van der Waals surface area contributed by atoms with Crippen molar-refractivity contribution in [3.05, 3.63) is 24.3 Å². The van der Waals surface area contributed by atoms with Crippen LogP contribution in [0.25, 0.3) is 0 Å². The minimum atomic E-state index is -0.497. The third-order valence-electron chi connectivity index (χ3n) is 5.44. The number of carbonyl (C=O) groups excluding carboxylic acids is 2. The number of ether oxygens (including phenoxy) is 3. The predicted octanol–water partition coefficient (Wildman–Crippen LogP) is 1.35. The standard InChI is InChI=1S/C19H25N3O5/c1-25-16-4-2-3-15(12-16)22-13-14(11-17(22)23)20-18(24)21-7-5-19(6-8-21)26-9-10-27-19/h2-4,12,14H,5-11,13H2,1H3,(H,20,24)/t14-/m1/s1. The van der Waals surface area contributed by atoms with Crippen LogP contribution in [0.15, 0.2) is 24.3 Å². The number of carbonyl (C=O) groups is 2. The molecule has 1 spiro atoms. The van der Waals surface area contributed by atoms with Gasteiger partial charge in [0, 0.05) is 50.7 Å². The van der Waals surface area contributed by atoms with Crippen LogP contribution in [0.4, 0.5) is 10.5 Å². The van der Waals surface area contributed by atoms with Crippen molar-refractivity contribution in [1.29, 1.82) is 0 Å². The average molecular weight is 375 g/mol. The van der Waals surface area contributed by atoms with E-state index in [1.54, 1.807) is 16.9 Å². The van der Waals surface area contributed by atoms with E-state index in [1.807, 2.05) is 24.3 Å². The number of anilines is 1. The van der Waals surface area contributed by atoms with Crippen LogP contribution < -0.4 is 15.0 Å². The Morgan fingerprint density at radius 2 is 2.00 bits per heavy atom. The Kier molecular flexibility index (Phi) is 4.92. The first-order chi connectivity index (χ1) is 13.1. The number of piperidine rings is 1. The van der Waals surface area contributed by atoms with E-state index in [2.05, 4.69) is 5.32 Å². The lowest BCUT2D eigenvalue weighted by Crippen LogP contribution is -2.52. The Hall–Kier alpha value is -2.32. The molecule has 1 aromatic carbocycles. The molecule has 1 N–H and O–H groups in total. The second-order valence-corrected chi connectivity index (χ2v) is 7.15. The Morgan fingerprint density at radius 3 is 2.70 bits per heavy atom. The minimum Gasteiger partial charge on any atom is -0.497 e. The third-order valence-corrected chi connectivity index (χ3v) is 5.44. The average Bonchev–Trinajstić information content (AvgIpc) is 3.29. The number of hydrogen-bond donors (Lipinski definition) is 1.